The summed E-state index contributed by atoms with van der Waals surface area (Å²) in [5.74, 6) is 1.80. The molecule has 4 heterocycles. The molecule has 0 amide bonds. The molecule has 0 aliphatic rings. The van der Waals surface area contributed by atoms with Gasteiger partial charge in [-0.2, -0.15) is 4.98 Å². The zero-order valence-electron chi connectivity index (χ0n) is 16.4. The van der Waals surface area contributed by atoms with Gasteiger partial charge >= 0.3 is 0 Å². The SMILES string of the molecule is Cc1ccc(-c2oc(-c3ccnc(C)n3)nc2-n2ccc3cccnc3c2=O)cc1. The normalized spacial score (nSPS) is 11.1. The topological polar surface area (TPSA) is 86.7 Å². The van der Waals surface area contributed by atoms with Crippen LogP contribution in [0.25, 0.3) is 39.6 Å². The van der Waals surface area contributed by atoms with Gasteiger partial charge in [-0.25, -0.2) is 9.97 Å². The van der Waals surface area contributed by atoms with Crippen molar-refractivity contribution < 1.29 is 4.42 Å². The summed E-state index contributed by atoms with van der Waals surface area (Å²) in [5.41, 5.74) is 2.60. The quantitative estimate of drug-likeness (QED) is 0.457. The number of benzene rings is 1. The van der Waals surface area contributed by atoms with Crippen LogP contribution < -0.4 is 5.56 Å². The summed E-state index contributed by atoms with van der Waals surface area (Å²) in [7, 11) is 0. The van der Waals surface area contributed by atoms with Crippen molar-refractivity contribution in [2.24, 2.45) is 0 Å². The highest BCUT2D eigenvalue weighted by molar-refractivity contribution is 5.78. The van der Waals surface area contributed by atoms with Gasteiger partial charge in [-0.15, -0.1) is 0 Å². The zero-order valence-corrected chi connectivity index (χ0v) is 16.4. The minimum atomic E-state index is -0.264. The molecule has 0 atom stereocenters. The van der Waals surface area contributed by atoms with E-state index in [1.54, 1.807) is 37.6 Å². The van der Waals surface area contributed by atoms with Crippen molar-refractivity contribution in [1.29, 1.82) is 0 Å². The number of fused-ring (bicyclic) bond motifs is 1. The number of rotatable bonds is 3. The maximum absolute atomic E-state index is 13.2. The summed E-state index contributed by atoms with van der Waals surface area (Å²) in [6, 6.07) is 15.1. The molecule has 4 aromatic heterocycles. The van der Waals surface area contributed by atoms with Crippen LogP contribution >= 0.6 is 0 Å². The van der Waals surface area contributed by atoms with Crippen molar-refractivity contribution in [2.75, 3.05) is 0 Å². The summed E-state index contributed by atoms with van der Waals surface area (Å²) >= 11 is 0. The molecule has 146 valence electrons. The smallest absolute Gasteiger partial charge is 0.282 e. The summed E-state index contributed by atoms with van der Waals surface area (Å²) in [6.45, 7) is 3.81. The monoisotopic (exact) mass is 395 g/mol. The molecule has 0 spiro atoms. The van der Waals surface area contributed by atoms with Crippen LogP contribution in [0.3, 0.4) is 0 Å². The van der Waals surface area contributed by atoms with Crippen LogP contribution in [0.4, 0.5) is 0 Å². The van der Waals surface area contributed by atoms with Gasteiger partial charge in [0.25, 0.3) is 5.56 Å². The van der Waals surface area contributed by atoms with Crippen LogP contribution in [0.15, 0.2) is 76.3 Å². The molecule has 0 unspecified atom stereocenters. The Morgan fingerprint density at radius 3 is 2.53 bits per heavy atom. The van der Waals surface area contributed by atoms with Crippen molar-refractivity contribution in [1.82, 2.24) is 24.5 Å². The van der Waals surface area contributed by atoms with Gasteiger partial charge in [0.2, 0.25) is 5.89 Å². The van der Waals surface area contributed by atoms with Gasteiger partial charge in [-0.3, -0.25) is 14.3 Å². The second-order valence-corrected chi connectivity index (χ2v) is 6.96. The summed E-state index contributed by atoms with van der Waals surface area (Å²) in [4.78, 5) is 30.6. The molecule has 0 fully saturated rings. The van der Waals surface area contributed by atoms with E-state index in [0.29, 0.717) is 34.5 Å². The average molecular weight is 395 g/mol. The molecule has 1 aromatic carbocycles. The third-order valence-corrected chi connectivity index (χ3v) is 4.81. The first-order valence-electron chi connectivity index (χ1n) is 9.45. The molecule has 0 radical (unpaired) electrons. The first-order valence-corrected chi connectivity index (χ1v) is 9.45. The number of hydrogen-bond acceptors (Lipinski definition) is 6. The van der Waals surface area contributed by atoms with Crippen molar-refractivity contribution in [3.63, 3.8) is 0 Å². The van der Waals surface area contributed by atoms with Crippen LogP contribution in [0, 0.1) is 13.8 Å². The van der Waals surface area contributed by atoms with E-state index in [-0.39, 0.29) is 5.56 Å². The van der Waals surface area contributed by atoms with E-state index < -0.39 is 0 Å². The minimum absolute atomic E-state index is 0.264. The lowest BCUT2D eigenvalue weighted by Crippen LogP contribution is -2.19. The van der Waals surface area contributed by atoms with Crippen LogP contribution in [0.1, 0.15) is 11.4 Å². The van der Waals surface area contributed by atoms with Gasteiger partial charge < -0.3 is 4.42 Å². The van der Waals surface area contributed by atoms with E-state index >= 15 is 0 Å². The van der Waals surface area contributed by atoms with E-state index in [4.69, 9.17) is 4.42 Å². The standard InChI is InChI=1S/C23H17N5O2/c1-14-5-7-17(8-6-14)20-21(27-22(30-20)18-9-12-24-15(2)26-18)28-13-10-16-4-3-11-25-19(16)23(28)29/h3-13H,1-2H3. The number of oxazole rings is 1. The lowest BCUT2D eigenvalue weighted by molar-refractivity contribution is 0.584. The van der Waals surface area contributed by atoms with Crippen molar-refractivity contribution in [2.45, 2.75) is 13.8 Å². The van der Waals surface area contributed by atoms with Crippen molar-refractivity contribution in [3.05, 3.63) is 88.9 Å². The maximum Gasteiger partial charge on any atom is 0.282 e. The van der Waals surface area contributed by atoms with Gasteiger partial charge in [0.05, 0.1) is 0 Å². The molecule has 30 heavy (non-hydrogen) atoms. The van der Waals surface area contributed by atoms with Crippen LogP contribution in [0.2, 0.25) is 0 Å². The number of nitrogens with zero attached hydrogens (tertiary/aromatic N) is 5. The van der Waals surface area contributed by atoms with E-state index in [1.165, 1.54) is 4.57 Å². The molecule has 7 heteroatoms. The van der Waals surface area contributed by atoms with E-state index in [2.05, 4.69) is 19.9 Å². The predicted octanol–water partition coefficient (Wildman–Crippen LogP) is 4.11. The maximum atomic E-state index is 13.2. The fraction of sp³-hybridized carbons (Fsp3) is 0.0870. The summed E-state index contributed by atoms with van der Waals surface area (Å²) in [6.07, 6.45) is 4.95. The van der Waals surface area contributed by atoms with E-state index in [0.717, 1.165) is 16.5 Å². The first-order chi connectivity index (χ1) is 14.6. The molecule has 5 aromatic rings. The number of aromatic nitrogens is 5. The Morgan fingerprint density at radius 2 is 1.73 bits per heavy atom. The zero-order chi connectivity index (χ0) is 20.7. The van der Waals surface area contributed by atoms with Gasteiger partial charge in [-0.1, -0.05) is 35.9 Å². The fourth-order valence-corrected chi connectivity index (χ4v) is 3.29. The third kappa shape index (κ3) is 3.06. The highest BCUT2D eigenvalue weighted by Gasteiger charge is 2.20. The highest BCUT2D eigenvalue weighted by atomic mass is 16.4. The highest BCUT2D eigenvalue weighted by Crippen LogP contribution is 2.31. The van der Waals surface area contributed by atoms with Gasteiger partial charge in [0.1, 0.15) is 17.0 Å². The molecule has 0 aliphatic carbocycles. The molecule has 0 saturated heterocycles. The second-order valence-electron chi connectivity index (χ2n) is 6.96. The van der Waals surface area contributed by atoms with E-state index in [1.807, 2.05) is 43.3 Å². The molecule has 0 aliphatic heterocycles. The van der Waals surface area contributed by atoms with Crippen molar-refractivity contribution in [3.8, 4) is 28.7 Å². The third-order valence-electron chi connectivity index (χ3n) is 4.81. The molecule has 0 bridgehead atoms. The number of aryl methyl sites for hydroxylation is 2. The van der Waals surface area contributed by atoms with Crippen LogP contribution in [-0.4, -0.2) is 24.5 Å². The van der Waals surface area contributed by atoms with Gasteiger partial charge in [-0.05, 0) is 32.0 Å². The average Bonchev–Trinajstić information content (AvgIpc) is 3.20. The Morgan fingerprint density at radius 1 is 0.900 bits per heavy atom. The molecule has 0 saturated carbocycles. The number of hydrogen-bond donors (Lipinski definition) is 0. The minimum Gasteiger partial charge on any atom is -0.432 e. The predicted molar refractivity (Wildman–Crippen MR) is 113 cm³/mol. The lowest BCUT2D eigenvalue weighted by atomic mass is 10.1. The lowest BCUT2D eigenvalue weighted by Gasteiger charge is -2.06. The largest absolute Gasteiger partial charge is 0.432 e. The van der Waals surface area contributed by atoms with E-state index in [9.17, 15) is 4.79 Å². The Kier molecular flexibility index (Phi) is 4.21. The summed E-state index contributed by atoms with van der Waals surface area (Å²) < 4.78 is 7.59. The van der Waals surface area contributed by atoms with Crippen LogP contribution in [-0.2, 0) is 0 Å². The fourth-order valence-electron chi connectivity index (χ4n) is 3.29. The molecule has 5 rings (SSSR count). The Labute approximate surface area is 171 Å². The van der Waals surface area contributed by atoms with Crippen molar-refractivity contribution >= 4 is 10.9 Å². The Balaban J connectivity index is 1.77. The first kappa shape index (κ1) is 17.9. The molecule has 0 N–H and O–H groups in total. The number of pyridine rings is 2. The molecular formula is C23H17N5O2. The van der Waals surface area contributed by atoms with Gasteiger partial charge in [0, 0.05) is 29.5 Å². The summed E-state index contributed by atoms with van der Waals surface area (Å²) in [5, 5.41) is 0.769. The van der Waals surface area contributed by atoms with Gasteiger partial charge in [0.15, 0.2) is 11.6 Å². The molecule has 7 nitrogen and oxygen atoms in total. The second kappa shape index (κ2) is 7.04. The molecular weight excluding hydrogens is 378 g/mol. The van der Waals surface area contributed by atoms with Crippen LogP contribution in [0.5, 0.6) is 0 Å². The Bertz CT molecular complexity index is 1430. The Hall–Kier alpha value is -4.13.